The number of furan rings is 1. The van der Waals surface area contributed by atoms with Crippen LogP contribution in [0.2, 0.25) is 0 Å². The molecule has 2 aromatic rings. The van der Waals surface area contributed by atoms with Gasteiger partial charge in [0.25, 0.3) is 5.24 Å². The summed E-state index contributed by atoms with van der Waals surface area (Å²) in [6, 6.07) is 1.59. The maximum atomic E-state index is 10.7. The van der Waals surface area contributed by atoms with Crippen molar-refractivity contribution in [1.29, 1.82) is 0 Å². The topological polar surface area (TPSA) is 43.1 Å². The lowest BCUT2D eigenvalue weighted by Gasteiger charge is -1.90. The molecule has 0 aliphatic carbocycles. The van der Waals surface area contributed by atoms with Crippen LogP contribution in [0.25, 0.3) is 10.8 Å². The first-order valence-electron chi connectivity index (χ1n) is 3.29. The second kappa shape index (κ2) is 2.60. The van der Waals surface area contributed by atoms with E-state index in [4.69, 9.17) is 16.0 Å². The van der Waals surface area contributed by atoms with Gasteiger partial charge in [-0.05, 0) is 17.7 Å². The highest BCUT2D eigenvalue weighted by atomic mass is 35.5. The number of hydrogen-bond donors (Lipinski definition) is 0. The summed E-state index contributed by atoms with van der Waals surface area (Å²) in [5, 5.41) is 1.13. The summed E-state index contributed by atoms with van der Waals surface area (Å²) in [5.74, 6) is 0. The first kappa shape index (κ1) is 7.31. The van der Waals surface area contributed by atoms with Crippen LogP contribution < -0.4 is 0 Å². The summed E-state index contributed by atoms with van der Waals surface area (Å²) < 4.78 is 4.91. The third-order valence-electron chi connectivity index (χ3n) is 1.56. The highest BCUT2D eigenvalue weighted by molar-refractivity contribution is 6.67. The van der Waals surface area contributed by atoms with Crippen molar-refractivity contribution in [2.45, 2.75) is 0 Å². The second-order valence-corrected chi connectivity index (χ2v) is 2.69. The van der Waals surface area contributed by atoms with Gasteiger partial charge in [-0.15, -0.1) is 0 Å². The van der Waals surface area contributed by atoms with Crippen molar-refractivity contribution < 1.29 is 9.21 Å². The predicted octanol–water partition coefficient (Wildman–Crippen LogP) is 2.21. The van der Waals surface area contributed by atoms with Crippen LogP contribution in [0.15, 0.2) is 29.2 Å². The van der Waals surface area contributed by atoms with Crippen molar-refractivity contribution >= 4 is 27.6 Å². The molecule has 0 amide bonds. The zero-order valence-corrected chi connectivity index (χ0v) is 6.71. The Bertz CT molecular complexity index is 435. The van der Waals surface area contributed by atoms with Gasteiger partial charge >= 0.3 is 0 Å². The first-order valence-corrected chi connectivity index (χ1v) is 3.67. The second-order valence-electron chi connectivity index (χ2n) is 2.34. The maximum absolute atomic E-state index is 10.7. The predicted molar refractivity (Wildman–Crippen MR) is 44.2 cm³/mol. The number of pyridine rings is 1. The number of rotatable bonds is 1. The zero-order valence-electron chi connectivity index (χ0n) is 5.95. The minimum Gasteiger partial charge on any atom is -0.471 e. The number of carbonyl (C=O) groups excluding carboxylic acids is 1. The molecule has 2 aromatic heterocycles. The van der Waals surface area contributed by atoms with Crippen molar-refractivity contribution in [1.82, 2.24) is 4.98 Å². The van der Waals surface area contributed by atoms with Crippen LogP contribution in [0.3, 0.4) is 0 Å². The molecule has 4 heteroatoms. The fourth-order valence-corrected chi connectivity index (χ4v) is 1.07. The number of aromatic nitrogens is 1. The molecule has 2 rings (SSSR count). The van der Waals surface area contributed by atoms with Crippen LogP contribution in [0.5, 0.6) is 0 Å². The molecule has 0 aliphatic heterocycles. The normalized spacial score (nSPS) is 10.4. The molecule has 0 aliphatic rings. The highest BCUT2D eigenvalue weighted by Crippen LogP contribution is 2.15. The van der Waals surface area contributed by atoms with E-state index in [-0.39, 0.29) is 5.69 Å². The van der Waals surface area contributed by atoms with Gasteiger partial charge in [0.2, 0.25) is 0 Å². The largest absolute Gasteiger partial charge is 0.471 e. The molecule has 0 atom stereocenters. The number of nitrogens with zero attached hydrogens (tertiary/aromatic N) is 1. The Balaban J connectivity index is 2.68. The van der Waals surface area contributed by atoms with Gasteiger partial charge in [0, 0.05) is 17.0 Å². The summed E-state index contributed by atoms with van der Waals surface area (Å²) in [5.41, 5.74) is 0.241. The van der Waals surface area contributed by atoms with Gasteiger partial charge in [-0.3, -0.25) is 9.78 Å². The van der Waals surface area contributed by atoms with E-state index < -0.39 is 5.24 Å². The van der Waals surface area contributed by atoms with Gasteiger partial charge in [-0.25, -0.2) is 0 Å². The third-order valence-corrected chi connectivity index (χ3v) is 1.75. The molecule has 12 heavy (non-hydrogen) atoms. The molecular weight excluding hydrogens is 178 g/mol. The van der Waals surface area contributed by atoms with Crippen LogP contribution in [0, 0.1) is 0 Å². The number of halogens is 1. The van der Waals surface area contributed by atoms with Crippen LogP contribution >= 0.6 is 11.6 Å². The van der Waals surface area contributed by atoms with Crippen molar-refractivity contribution in [2.75, 3.05) is 0 Å². The molecule has 0 bridgehead atoms. The maximum Gasteiger partial charge on any atom is 0.270 e. The van der Waals surface area contributed by atoms with Gasteiger partial charge in [0.15, 0.2) is 0 Å². The summed E-state index contributed by atoms with van der Waals surface area (Å²) in [4.78, 5) is 14.5. The van der Waals surface area contributed by atoms with Gasteiger partial charge in [-0.2, -0.15) is 0 Å². The molecule has 0 unspecified atom stereocenters. The molecule has 60 valence electrons. The molecule has 0 fully saturated rings. The van der Waals surface area contributed by atoms with E-state index in [0.717, 1.165) is 10.8 Å². The van der Waals surface area contributed by atoms with Crippen LogP contribution in [-0.2, 0) is 0 Å². The van der Waals surface area contributed by atoms with Crippen LogP contribution in [-0.4, -0.2) is 10.2 Å². The van der Waals surface area contributed by atoms with Crippen molar-refractivity contribution in [3.63, 3.8) is 0 Å². The summed E-state index contributed by atoms with van der Waals surface area (Å²) in [6.07, 6.45) is 4.65. The van der Waals surface area contributed by atoms with Gasteiger partial charge < -0.3 is 4.42 Å². The molecule has 0 spiro atoms. The molecule has 2 heterocycles. The molecule has 0 aromatic carbocycles. The highest BCUT2D eigenvalue weighted by Gasteiger charge is 2.04. The third kappa shape index (κ3) is 1.08. The molecule has 0 N–H and O–H groups in total. The molecule has 0 radical (unpaired) electrons. The first-order chi connectivity index (χ1) is 5.77. The zero-order chi connectivity index (χ0) is 8.55. The van der Waals surface area contributed by atoms with E-state index in [2.05, 4.69) is 4.98 Å². The van der Waals surface area contributed by atoms with Crippen molar-refractivity contribution in [3.8, 4) is 0 Å². The summed E-state index contributed by atoms with van der Waals surface area (Å²) in [7, 11) is 0. The lowest BCUT2D eigenvalue weighted by molar-refractivity contribution is 0.107. The number of carbonyl (C=O) groups is 1. The molecular formula is C8H4ClNO2. The van der Waals surface area contributed by atoms with Gasteiger partial charge in [-0.1, -0.05) is 0 Å². The van der Waals surface area contributed by atoms with E-state index in [1.807, 2.05) is 0 Å². The summed E-state index contributed by atoms with van der Waals surface area (Å²) >= 11 is 5.24. The van der Waals surface area contributed by atoms with E-state index in [9.17, 15) is 4.79 Å². The van der Waals surface area contributed by atoms with Gasteiger partial charge in [0.1, 0.15) is 5.69 Å². The monoisotopic (exact) mass is 181 g/mol. The average Bonchev–Trinajstić information content (AvgIpc) is 2.49. The van der Waals surface area contributed by atoms with E-state index >= 15 is 0 Å². The Labute approximate surface area is 73.0 Å². The van der Waals surface area contributed by atoms with E-state index in [1.165, 1.54) is 0 Å². The fourth-order valence-electron chi connectivity index (χ4n) is 0.970. The van der Waals surface area contributed by atoms with Crippen LogP contribution in [0.4, 0.5) is 0 Å². The van der Waals surface area contributed by atoms with Crippen molar-refractivity contribution in [3.05, 3.63) is 30.5 Å². The van der Waals surface area contributed by atoms with E-state index in [0.29, 0.717) is 0 Å². The lowest BCUT2D eigenvalue weighted by Crippen LogP contribution is -1.91. The quantitative estimate of drug-likeness (QED) is 0.634. The Morgan fingerprint density at radius 3 is 2.92 bits per heavy atom. The van der Waals surface area contributed by atoms with Gasteiger partial charge in [0.05, 0.1) is 12.5 Å². The molecule has 0 saturated carbocycles. The number of fused-ring (bicyclic) bond motifs is 1. The SMILES string of the molecule is O=C(Cl)c1cc2cocc2cn1. The molecule has 0 saturated heterocycles. The fraction of sp³-hybridized carbons (Fsp3) is 0. The van der Waals surface area contributed by atoms with Crippen LogP contribution in [0.1, 0.15) is 10.5 Å². The minimum absolute atomic E-state index is 0.241. The Morgan fingerprint density at radius 2 is 2.17 bits per heavy atom. The molecule has 3 nitrogen and oxygen atoms in total. The standard InChI is InChI=1S/C8H4ClNO2/c9-8(11)7-1-5-3-12-4-6(5)2-10-7/h1-4H. The smallest absolute Gasteiger partial charge is 0.270 e. The van der Waals surface area contributed by atoms with E-state index in [1.54, 1.807) is 24.8 Å². The number of hydrogen-bond acceptors (Lipinski definition) is 3. The minimum atomic E-state index is -0.557. The Morgan fingerprint density at radius 1 is 1.42 bits per heavy atom. The average molecular weight is 182 g/mol. The Hall–Kier alpha value is -1.35. The Kier molecular flexibility index (Phi) is 1.59. The van der Waals surface area contributed by atoms with Crippen molar-refractivity contribution in [2.24, 2.45) is 0 Å². The summed E-state index contributed by atoms with van der Waals surface area (Å²) in [6.45, 7) is 0. The lowest BCUT2D eigenvalue weighted by atomic mass is 10.2.